The summed E-state index contributed by atoms with van der Waals surface area (Å²) < 4.78 is 7.48. The lowest BCUT2D eigenvalue weighted by Crippen LogP contribution is -2.15. The molecule has 1 N–H and O–H groups in total. The molecule has 0 aliphatic heterocycles. The largest absolute Gasteiger partial charge is 0.388 e. The maximum atomic E-state index is 9.34. The van der Waals surface area contributed by atoms with Crippen LogP contribution < -0.4 is 0 Å². The fourth-order valence-electron chi connectivity index (χ4n) is 2.21. The highest BCUT2D eigenvalue weighted by atomic mass is 16.5. The van der Waals surface area contributed by atoms with Gasteiger partial charge in [0.1, 0.15) is 12.7 Å². The number of hydrogen-bond donors (Lipinski definition) is 1. The molecule has 1 atom stereocenters. The van der Waals surface area contributed by atoms with Crippen LogP contribution in [0.25, 0.3) is 0 Å². The van der Waals surface area contributed by atoms with Gasteiger partial charge in [0, 0.05) is 13.2 Å². The Balaban J connectivity index is 2.47. The molecular weight excluding hydrogens is 242 g/mol. The molecule has 5 heteroatoms. The number of aliphatic hydroxyl groups excluding tert-OH is 1. The van der Waals surface area contributed by atoms with Crippen molar-refractivity contribution in [3.05, 3.63) is 47.5 Å². The van der Waals surface area contributed by atoms with Crippen LogP contribution in [-0.2, 0) is 11.3 Å². The normalized spacial score (nSPS) is 12.9. The zero-order valence-corrected chi connectivity index (χ0v) is 11.4. The predicted molar refractivity (Wildman–Crippen MR) is 71.6 cm³/mol. The molecule has 2 rings (SSSR count). The summed E-state index contributed by atoms with van der Waals surface area (Å²) in [5, 5.41) is 17.6. The number of hydrogen-bond acceptors (Lipinski definition) is 4. The minimum absolute atomic E-state index is 0.129. The Morgan fingerprint density at radius 1 is 1.21 bits per heavy atom. The number of ether oxygens (including phenoxy) is 1. The van der Waals surface area contributed by atoms with Gasteiger partial charge in [-0.1, -0.05) is 30.3 Å². The van der Waals surface area contributed by atoms with Crippen LogP contribution in [0.5, 0.6) is 0 Å². The van der Waals surface area contributed by atoms with Gasteiger partial charge in [0.25, 0.3) is 0 Å². The summed E-state index contributed by atoms with van der Waals surface area (Å²) >= 11 is 0. The predicted octanol–water partition coefficient (Wildman–Crippen LogP) is 2.09. The Morgan fingerprint density at radius 3 is 2.42 bits per heavy atom. The van der Waals surface area contributed by atoms with E-state index in [4.69, 9.17) is 4.74 Å². The zero-order valence-electron chi connectivity index (χ0n) is 11.4. The third-order valence-electron chi connectivity index (χ3n) is 3.02. The minimum atomic E-state index is -0.281. The van der Waals surface area contributed by atoms with Crippen molar-refractivity contribution in [2.45, 2.75) is 32.6 Å². The molecule has 0 spiro atoms. The number of aromatic nitrogens is 3. The van der Waals surface area contributed by atoms with E-state index in [2.05, 4.69) is 10.2 Å². The van der Waals surface area contributed by atoms with Crippen molar-refractivity contribution >= 4 is 0 Å². The number of benzene rings is 1. The molecular formula is C14H19N3O2. The van der Waals surface area contributed by atoms with E-state index in [1.165, 1.54) is 0 Å². The van der Waals surface area contributed by atoms with E-state index in [-0.39, 0.29) is 18.8 Å². The monoisotopic (exact) mass is 261 g/mol. The molecule has 1 unspecified atom stereocenters. The van der Waals surface area contributed by atoms with Crippen molar-refractivity contribution in [3.63, 3.8) is 0 Å². The molecule has 0 amide bonds. The third-order valence-corrected chi connectivity index (χ3v) is 3.02. The van der Waals surface area contributed by atoms with Crippen molar-refractivity contribution in [2.75, 3.05) is 7.11 Å². The number of rotatable bonds is 5. The Morgan fingerprint density at radius 2 is 1.89 bits per heavy atom. The van der Waals surface area contributed by atoms with Crippen LogP contribution in [0, 0.1) is 0 Å². The lowest BCUT2D eigenvalue weighted by Gasteiger charge is -2.19. The first-order valence-corrected chi connectivity index (χ1v) is 6.31. The summed E-state index contributed by atoms with van der Waals surface area (Å²) in [5.74, 6) is 1.27. The molecule has 0 aliphatic rings. The number of methoxy groups -OCH3 is 1. The van der Waals surface area contributed by atoms with E-state index < -0.39 is 0 Å². The maximum absolute atomic E-state index is 9.34. The standard InChI is InChI=1S/C14H19N3O2/c1-10(2)17-12(9-18)15-16-14(17)13(19-3)11-7-5-4-6-8-11/h4-8,10,13,18H,9H2,1-3H3. The van der Waals surface area contributed by atoms with Gasteiger partial charge in [0.15, 0.2) is 11.6 Å². The Bertz CT molecular complexity index is 523. The first-order valence-electron chi connectivity index (χ1n) is 6.31. The zero-order chi connectivity index (χ0) is 13.8. The summed E-state index contributed by atoms with van der Waals surface area (Å²) in [4.78, 5) is 0. The van der Waals surface area contributed by atoms with Crippen LogP contribution in [0.2, 0.25) is 0 Å². The maximum Gasteiger partial charge on any atom is 0.167 e. The molecule has 2 aromatic rings. The molecule has 1 aromatic carbocycles. The highest BCUT2D eigenvalue weighted by Crippen LogP contribution is 2.26. The van der Waals surface area contributed by atoms with Gasteiger partial charge in [-0.15, -0.1) is 10.2 Å². The topological polar surface area (TPSA) is 60.2 Å². The van der Waals surface area contributed by atoms with E-state index in [9.17, 15) is 5.11 Å². The Kier molecular flexibility index (Phi) is 4.29. The molecule has 19 heavy (non-hydrogen) atoms. The summed E-state index contributed by atoms with van der Waals surface area (Å²) in [5.41, 5.74) is 1.02. The molecule has 0 aliphatic carbocycles. The molecule has 0 bridgehead atoms. The van der Waals surface area contributed by atoms with Gasteiger partial charge >= 0.3 is 0 Å². The van der Waals surface area contributed by atoms with Crippen LogP contribution in [0.1, 0.15) is 43.2 Å². The average Bonchev–Trinajstić information content (AvgIpc) is 2.85. The minimum Gasteiger partial charge on any atom is -0.388 e. The second-order valence-corrected chi connectivity index (χ2v) is 4.62. The Hall–Kier alpha value is -1.72. The van der Waals surface area contributed by atoms with Gasteiger partial charge in [-0.05, 0) is 19.4 Å². The van der Waals surface area contributed by atoms with Crippen LogP contribution >= 0.6 is 0 Å². The molecule has 0 fully saturated rings. The summed E-state index contributed by atoms with van der Waals surface area (Å²) in [7, 11) is 1.65. The first kappa shape index (κ1) is 13.7. The van der Waals surface area contributed by atoms with Crippen molar-refractivity contribution in [3.8, 4) is 0 Å². The quantitative estimate of drug-likeness (QED) is 0.895. The van der Waals surface area contributed by atoms with Crippen LogP contribution in [0.3, 0.4) is 0 Å². The van der Waals surface area contributed by atoms with Gasteiger partial charge in [0.05, 0.1) is 0 Å². The summed E-state index contributed by atoms with van der Waals surface area (Å²) in [6, 6.07) is 10.0. The molecule has 1 aromatic heterocycles. The molecule has 5 nitrogen and oxygen atoms in total. The van der Waals surface area contributed by atoms with Crippen LogP contribution in [0.4, 0.5) is 0 Å². The highest BCUT2D eigenvalue weighted by molar-refractivity contribution is 5.23. The van der Waals surface area contributed by atoms with Gasteiger partial charge in [0.2, 0.25) is 0 Å². The number of aliphatic hydroxyl groups is 1. The third kappa shape index (κ3) is 2.67. The highest BCUT2D eigenvalue weighted by Gasteiger charge is 2.23. The van der Waals surface area contributed by atoms with Gasteiger partial charge < -0.3 is 14.4 Å². The van der Waals surface area contributed by atoms with E-state index in [1.54, 1.807) is 7.11 Å². The smallest absolute Gasteiger partial charge is 0.167 e. The van der Waals surface area contributed by atoms with E-state index in [0.717, 1.165) is 5.56 Å². The first-order chi connectivity index (χ1) is 9.19. The molecule has 102 valence electrons. The van der Waals surface area contributed by atoms with E-state index in [1.807, 2.05) is 48.7 Å². The summed E-state index contributed by atoms with van der Waals surface area (Å²) in [6.45, 7) is 3.93. The van der Waals surface area contributed by atoms with Crippen molar-refractivity contribution < 1.29 is 9.84 Å². The molecule has 0 radical (unpaired) electrons. The fourth-order valence-corrected chi connectivity index (χ4v) is 2.21. The van der Waals surface area contributed by atoms with Gasteiger partial charge in [-0.25, -0.2) is 0 Å². The van der Waals surface area contributed by atoms with Crippen molar-refractivity contribution in [1.29, 1.82) is 0 Å². The van der Waals surface area contributed by atoms with E-state index >= 15 is 0 Å². The Labute approximate surface area is 112 Å². The van der Waals surface area contributed by atoms with Crippen molar-refractivity contribution in [1.82, 2.24) is 14.8 Å². The molecule has 1 heterocycles. The second kappa shape index (κ2) is 5.95. The lowest BCUT2D eigenvalue weighted by atomic mass is 10.1. The van der Waals surface area contributed by atoms with Gasteiger partial charge in [-0.3, -0.25) is 0 Å². The second-order valence-electron chi connectivity index (χ2n) is 4.62. The fraction of sp³-hybridized carbons (Fsp3) is 0.429. The van der Waals surface area contributed by atoms with Crippen molar-refractivity contribution in [2.24, 2.45) is 0 Å². The average molecular weight is 261 g/mol. The van der Waals surface area contributed by atoms with E-state index in [0.29, 0.717) is 11.6 Å². The van der Waals surface area contributed by atoms with Gasteiger partial charge in [-0.2, -0.15) is 0 Å². The van der Waals surface area contributed by atoms with Crippen LogP contribution in [-0.4, -0.2) is 27.0 Å². The van der Waals surface area contributed by atoms with Crippen LogP contribution in [0.15, 0.2) is 30.3 Å². The SMILES string of the molecule is COC(c1ccccc1)c1nnc(CO)n1C(C)C. The lowest BCUT2D eigenvalue weighted by molar-refractivity contribution is 0.123. The molecule has 0 saturated heterocycles. The number of nitrogens with zero attached hydrogens (tertiary/aromatic N) is 3. The summed E-state index contributed by atoms with van der Waals surface area (Å²) in [6.07, 6.45) is -0.281. The molecule has 0 saturated carbocycles.